The Balaban J connectivity index is 1.89. The highest BCUT2D eigenvalue weighted by atomic mass is 35.5. The molecule has 1 aromatic rings. The minimum absolute atomic E-state index is 0.0356. The van der Waals surface area contributed by atoms with E-state index in [9.17, 15) is 4.21 Å². The Hall–Kier alpha value is -1.04. The molecule has 1 heterocycles. The second kappa shape index (κ2) is 6.46. The normalized spacial score (nSPS) is 25.7. The lowest BCUT2D eigenvalue weighted by Crippen LogP contribution is -2.43. The summed E-state index contributed by atoms with van der Waals surface area (Å²) in [5, 5.41) is 5.06. The predicted molar refractivity (Wildman–Crippen MR) is 95.5 cm³/mol. The van der Waals surface area contributed by atoms with Gasteiger partial charge in [0.05, 0.1) is 28.0 Å². The number of rotatable bonds is 4. The van der Waals surface area contributed by atoms with Gasteiger partial charge in [-0.2, -0.15) is 0 Å². The summed E-state index contributed by atoms with van der Waals surface area (Å²) in [6.07, 6.45) is 6.86. The summed E-state index contributed by atoms with van der Waals surface area (Å²) in [6.45, 7) is 0.306. The molecule has 3 rings (SSSR count). The first-order chi connectivity index (χ1) is 10.9. The first-order valence-corrected chi connectivity index (χ1v) is 10.3. The minimum Gasteiger partial charge on any atom is -0.388 e. The Kier molecular flexibility index (Phi) is 4.72. The number of benzene rings is 1. The van der Waals surface area contributed by atoms with Crippen molar-refractivity contribution in [1.82, 2.24) is 0 Å². The standard InChI is InChI=1S/C17H22ClNO3S/c1-23(2,20)21-12-15-16(13-6-8-14(18)9-7-13)19-22-17(15)10-4-3-5-11-17/h6-9,15H,1,3-5,10-12H2,2H3. The van der Waals surface area contributed by atoms with E-state index in [0.717, 1.165) is 37.0 Å². The van der Waals surface area contributed by atoms with Crippen LogP contribution in [0.2, 0.25) is 5.02 Å². The zero-order chi connectivity index (χ0) is 16.5. The van der Waals surface area contributed by atoms with Gasteiger partial charge in [0.25, 0.3) is 0 Å². The molecule has 2 unspecified atom stereocenters. The maximum atomic E-state index is 11.9. The van der Waals surface area contributed by atoms with Crippen LogP contribution in [0.15, 0.2) is 29.4 Å². The van der Waals surface area contributed by atoms with Gasteiger partial charge in [-0.25, -0.2) is 4.21 Å². The van der Waals surface area contributed by atoms with Crippen LogP contribution < -0.4 is 0 Å². The fourth-order valence-electron chi connectivity index (χ4n) is 3.42. The highest BCUT2D eigenvalue weighted by Gasteiger charge is 2.49. The topological polar surface area (TPSA) is 47.9 Å². The van der Waals surface area contributed by atoms with Crippen molar-refractivity contribution < 1.29 is 13.2 Å². The smallest absolute Gasteiger partial charge is 0.148 e. The van der Waals surface area contributed by atoms with Crippen LogP contribution in [0.5, 0.6) is 0 Å². The number of hydrogen-bond donors (Lipinski definition) is 0. The van der Waals surface area contributed by atoms with Gasteiger partial charge in [-0.3, -0.25) is 4.18 Å². The average molecular weight is 356 g/mol. The molecule has 1 fully saturated rings. The van der Waals surface area contributed by atoms with E-state index in [1.807, 2.05) is 24.3 Å². The van der Waals surface area contributed by atoms with Gasteiger partial charge in [-0.05, 0) is 49.2 Å². The Bertz CT molecular complexity index is 691. The van der Waals surface area contributed by atoms with Crippen molar-refractivity contribution in [1.29, 1.82) is 0 Å². The van der Waals surface area contributed by atoms with Crippen LogP contribution in [-0.2, 0) is 18.8 Å². The van der Waals surface area contributed by atoms with Crippen molar-refractivity contribution in [2.45, 2.75) is 37.7 Å². The third kappa shape index (κ3) is 3.73. The molecule has 6 heteroatoms. The molecule has 2 aliphatic rings. The van der Waals surface area contributed by atoms with Gasteiger partial charge in [0.2, 0.25) is 0 Å². The first-order valence-electron chi connectivity index (χ1n) is 7.88. The fraction of sp³-hybridized carbons (Fsp3) is 0.529. The maximum absolute atomic E-state index is 11.9. The molecule has 1 aliphatic carbocycles. The van der Waals surface area contributed by atoms with E-state index in [2.05, 4.69) is 11.0 Å². The molecule has 126 valence electrons. The summed E-state index contributed by atoms with van der Waals surface area (Å²) in [5.41, 5.74) is 1.49. The van der Waals surface area contributed by atoms with Gasteiger partial charge in [-0.1, -0.05) is 35.3 Å². The van der Waals surface area contributed by atoms with E-state index >= 15 is 0 Å². The largest absolute Gasteiger partial charge is 0.388 e. The van der Waals surface area contributed by atoms with Crippen LogP contribution in [-0.4, -0.2) is 34.3 Å². The molecular formula is C17H22ClNO3S. The van der Waals surface area contributed by atoms with Crippen molar-refractivity contribution in [3.05, 3.63) is 34.9 Å². The summed E-state index contributed by atoms with van der Waals surface area (Å²) in [6, 6.07) is 7.56. The number of nitrogens with zero attached hydrogens (tertiary/aromatic N) is 1. The van der Waals surface area contributed by atoms with Crippen LogP contribution in [0.25, 0.3) is 0 Å². The van der Waals surface area contributed by atoms with Crippen molar-refractivity contribution in [2.75, 3.05) is 12.9 Å². The van der Waals surface area contributed by atoms with Gasteiger partial charge in [0.15, 0.2) is 0 Å². The SMILES string of the molecule is C=S(C)(=O)OCC1C(c2ccc(Cl)cc2)=NOC12CCCCC2. The second-order valence-electron chi connectivity index (χ2n) is 6.46. The van der Waals surface area contributed by atoms with Gasteiger partial charge < -0.3 is 4.84 Å². The highest BCUT2D eigenvalue weighted by molar-refractivity contribution is 7.95. The van der Waals surface area contributed by atoms with Crippen LogP contribution in [0.4, 0.5) is 0 Å². The number of hydrogen-bond acceptors (Lipinski definition) is 4. The second-order valence-corrected chi connectivity index (χ2v) is 8.99. The number of oxime groups is 1. The molecule has 1 saturated carbocycles. The lowest BCUT2D eigenvalue weighted by molar-refractivity contribution is -0.0767. The van der Waals surface area contributed by atoms with E-state index in [1.165, 1.54) is 12.7 Å². The monoisotopic (exact) mass is 355 g/mol. The van der Waals surface area contributed by atoms with Crippen LogP contribution >= 0.6 is 11.6 Å². The summed E-state index contributed by atoms with van der Waals surface area (Å²) in [4.78, 5) is 5.92. The maximum Gasteiger partial charge on any atom is 0.148 e. The quantitative estimate of drug-likeness (QED) is 0.774. The third-order valence-corrected chi connectivity index (χ3v) is 5.50. The van der Waals surface area contributed by atoms with E-state index in [4.69, 9.17) is 20.6 Å². The molecule has 0 aromatic heterocycles. The van der Waals surface area contributed by atoms with Crippen LogP contribution in [0, 0.1) is 5.92 Å². The Morgan fingerprint density at radius 2 is 2.00 bits per heavy atom. The predicted octanol–water partition coefficient (Wildman–Crippen LogP) is 3.67. The Labute approximate surface area is 143 Å². The summed E-state index contributed by atoms with van der Waals surface area (Å²) < 4.78 is 17.4. The molecule has 1 spiro atoms. The molecule has 2 atom stereocenters. The molecule has 0 N–H and O–H groups in total. The van der Waals surface area contributed by atoms with Gasteiger partial charge >= 0.3 is 0 Å². The zero-order valence-corrected chi connectivity index (χ0v) is 14.9. The Morgan fingerprint density at radius 3 is 2.61 bits per heavy atom. The van der Waals surface area contributed by atoms with Gasteiger partial charge in [0, 0.05) is 11.3 Å². The van der Waals surface area contributed by atoms with Crippen molar-refractivity contribution in [3.8, 4) is 0 Å². The van der Waals surface area contributed by atoms with Crippen LogP contribution in [0.3, 0.4) is 0 Å². The minimum atomic E-state index is -2.51. The summed E-state index contributed by atoms with van der Waals surface area (Å²) in [5.74, 6) is 3.55. The van der Waals surface area contributed by atoms with Gasteiger partial charge in [-0.15, -0.1) is 0 Å². The molecule has 0 radical (unpaired) electrons. The van der Waals surface area contributed by atoms with Crippen molar-refractivity contribution >= 4 is 33.0 Å². The fourth-order valence-corrected chi connectivity index (χ4v) is 3.97. The molecule has 1 aliphatic heterocycles. The van der Waals surface area contributed by atoms with E-state index in [0.29, 0.717) is 11.6 Å². The molecule has 0 bridgehead atoms. The highest BCUT2D eigenvalue weighted by Crippen LogP contribution is 2.43. The molecule has 1 aromatic carbocycles. The van der Waals surface area contributed by atoms with Crippen molar-refractivity contribution in [2.24, 2.45) is 11.1 Å². The first kappa shape index (κ1) is 16.8. The third-order valence-electron chi connectivity index (χ3n) is 4.61. The summed E-state index contributed by atoms with van der Waals surface area (Å²) >= 11 is 5.98. The zero-order valence-electron chi connectivity index (χ0n) is 13.3. The molecule has 23 heavy (non-hydrogen) atoms. The molecule has 0 amide bonds. The van der Waals surface area contributed by atoms with E-state index < -0.39 is 9.80 Å². The average Bonchev–Trinajstić information content (AvgIpc) is 2.84. The summed E-state index contributed by atoms with van der Waals surface area (Å²) in [7, 11) is -2.51. The van der Waals surface area contributed by atoms with E-state index in [1.54, 1.807) is 0 Å². The van der Waals surface area contributed by atoms with Crippen LogP contribution in [0.1, 0.15) is 37.7 Å². The van der Waals surface area contributed by atoms with E-state index in [-0.39, 0.29) is 11.5 Å². The lowest BCUT2D eigenvalue weighted by Gasteiger charge is -2.36. The molecule has 4 nitrogen and oxygen atoms in total. The molecular weight excluding hydrogens is 334 g/mol. The van der Waals surface area contributed by atoms with Crippen molar-refractivity contribution in [3.63, 3.8) is 0 Å². The number of halogens is 1. The van der Waals surface area contributed by atoms with Gasteiger partial charge in [0.1, 0.15) is 5.60 Å². The Morgan fingerprint density at radius 1 is 1.35 bits per heavy atom. The lowest BCUT2D eigenvalue weighted by atomic mass is 9.73. The molecule has 0 saturated heterocycles.